The number of aliphatic hydroxyl groups excluding tert-OH is 1. The first-order valence-electron chi connectivity index (χ1n) is 8.07. The van der Waals surface area contributed by atoms with Gasteiger partial charge in [0.1, 0.15) is 5.75 Å². The van der Waals surface area contributed by atoms with Gasteiger partial charge in [0.05, 0.1) is 12.7 Å². The molecule has 0 aromatic heterocycles. The van der Waals surface area contributed by atoms with Crippen LogP contribution < -0.4 is 10.1 Å². The molecule has 21 heavy (non-hydrogen) atoms. The van der Waals surface area contributed by atoms with Crippen LogP contribution in [0.3, 0.4) is 0 Å². The fourth-order valence-corrected chi connectivity index (χ4v) is 2.85. The lowest BCUT2D eigenvalue weighted by Gasteiger charge is -2.32. The minimum Gasteiger partial charge on any atom is -0.490 e. The van der Waals surface area contributed by atoms with Crippen LogP contribution in [0, 0.1) is 0 Å². The third kappa shape index (κ3) is 4.72. The van der Waals surface area contributed by atoms with Crippen LogP contribution in [0.4, 0.5) is 0 Å². The SMILES string of the molecule is CC(CC(C)(CO)NC1CC1)Oc1ccccc1C(C)C. The number of rotatable bonds is 8. The van der Waals surface area contributed by atoms with Gasteiger partial charge in [-0.15, -0.1) is 0 Å². The van der Waals surface area contributed by atoms with Gasteiger partial charge in [-0.2, -0.15) is 0 Å². The molecule has 0 heterocycles. The average molecular weight is 291 g/mol. The number of hydrogen-bond acceptors (Lipinski definition) is 3. The molecule has 1 fully saturated rings. The van der Waals surface area contributed by atoms with Crippen LogP contribution >= 0.6 is 0 Å². The van der Waals surface area contributed by atoms with Gasteiger partial charge in [-0.05, 0) is 44.2 Å². The first-order valence-corrected chi connectivity index (χ1v) is 8.07. The Hall–Kier alpha value is -1.06. The third-order valence-electron chi connectivity index (χ3n) is 4.09. The molecule has 3 nitrogen and oxygen atoms in total. The molecule has 1 aromatic carbocycles. The van der Waals surface area contributed by atoms with Crippen LogP contribution in [0.5, 0.6) is 5.75 Å². The summed E-state index contributed by atoms with van der Waals surface area (Å²) in [7, 11) is 0. The molecule has 0 aliphatic heterocycles. The summed E-state index contributed by atoms with van der Waals surface area (Å²) in [6.07, 6.45) is 3.31. The molecule has 2 unspecified atom stereocenters. The van der Waals surface area contributed by atoms with Crippen molar-refractivity contribution in [2.75, 3.05) is 6.61 Å². The number of aliphatic hydroxyl groups is 1. The van der Waals surface area contributed by atoms with Crippen LogP contribution in [0.15, 0.2) is 24.3 Å². The van der Waals surface area contributed by atoms with Crippen molar-refractivity contribution >= 4 is 0 Å². The predicted molar refractivity (Wildman–Crippen MR) is 86.9 cm³/mol. The van der Waals surface area contributed by atoms with E-state index in [1.807, 2.05) is 12.1 Å². The Labute approximate surface area is 128 Å². The minimum atomic E-state index is -0.257. The van der Waals surface area contributed by atoms with E-state index in [4.69, 9.17) is 4.74 Å². The van der Waals surface area contributed by atoms with Crippen LogP contribution in [0.25, 0.3) is 0 Å². The summed E-state index contributed by atoms with van der Waals surface area (Å²) in [6, 6.07) is 8.81. The van der Waals surface area contributed by atoms with E-state index >= 15 is 0 Å². The highest BCUT2D eigenvalue weighted by atomic mass is 16.5. The molecule has 1 aliphatic rings. The summed E-state index contributed by atoms with van der Waals surface area (Å²) in [5, 5.41) is 13.2. The van der Waals surface area contributed by atoms with E-state index in [-0.39, 0.29) is 18.2 Å². The van der Waals surface area contributed by atoms with Gasteiger partial charge in [-0.3, -0.25) is 0 Å². The van der Waals surface area contributed by atoms with Crippen molar-refractivity contribution in [2.45, 2.75) is 70.6 Å². The Balaban J connectivity index is 1.98. The molecule has 0 radical (unpaired) electrons. The molecule has 2 rings (SSSR count). The Morgan fingerprint density at radius 1 is 1.29 bits per heavy atom. The zero-order valence-electron chi connectivity index (χ0n) is 13.7. The molecule has 2 atom stereocenters. The van der Waals surface area contributed by atoms with Crippen molar-refractivity contribution < 1.29 is 9.84 Å². The summed E-state index contributed by atoms with van der Waals surface area (Å²) < 4.78 is 6.16. The smallest absolute Gasteiger partial charge is 0.123 e. The van der Waals surface area contributed by atoms with Gasteiger partial charge in [-0.1, -0.05) is 32.0 Å². The van der Waals surface area contributed by atoms with Gasteiger partial charge >= 0.3 is 0 Å². The number of para-hydroxylation sites is 1. The zero-order valence-corrected chi connectivity index (χ0v) is 13.7. The second kappa shape index (κ2) is 6.80. The molecular weight excluding hydrogens is 262 g/mol. The summed E-state index contributed by atoms with van der Waals surface area (Å²) in [5.74, 6) is 1.41. The highest BCUT2D eigenvalue weighted by Crippen LogP contribution is 2.29. The van der Waals surface area contributed by atoms with E-state index in [0.29, 0.717) is 12.0 Å². The van der Waals surface area contributed by atoms with Crippen LogP contribution in [-0.2, 0) is 0 Å². The average Bonchev–Trinajstić information content (AvgIpc) is 3.22. The van der Waals surface area contributed by atoms with Crippen molar-refractivity contribution in [3.63, 3.8) is 0 Å². The maximum Gasteiger partial charge on any atom is 0.123 e. The second-order valence-corrected chi connectivity index (χ2v) is 6.96. The lowest BCUT2D eigenvalue weighted by atomic mass is 9.95. The number of ether oxygens (including phenoxy) is 1. The number of hydrogen-bond donors (Lipinski definition) is 2. The maximum atomic E-state index is 9.70. The van der Waals surface area contributed by atoms with Crippen molar-refractivity contribution in [2.24, 2.45) is 0 Å². The van der Waals surface area contributed by atoms with E-state index in [9.17, 15) is 5.11 Å². The Kier molecular flexibility index (Phi) is 5.28. The molecule has 0 amide bonds. The molecule has 3 heteroatoms. The summed E-state index contributed by atoms with van der Waals surface area (Å²) in [6.45, 7) is 8.67. The molecule has 0 saturated heterocycles. The van der Waals surface area contributed by atoms with E-state index in [1.165, 1.54) is 18.4 Å². The third-order valence-corrected chi connectivity index (χ3v) is 4.09. The Bertz CT molecular complexity index is 456. The molecule has 1 aliphatic carbocycles. The van der Waals surface area contributed by atoms with E-state index in [2.05, 4.69) is 45.1 Å². The highest BCUT2D eigenvalue weighted by molar-refractivity contribution is 5.35. The molecule has 2 N–H and O–H groups in total. The molecule has 0 spiro atoms. The lowest BCUT2D eigenvalue weighted by molar-refractivity contribution is 0.108. The van der Waals surface area contributed by atoms with Gasteiger partial charge in [-0.25, -0.2) is 0 Å². The normalized spacial score (nSPS) is 19.3. The van der Waals surface area contributed by atoms with Crippen LogP contribution in [-0.4, -0.2) is 29.4 Å². The minimum absolute atomic E-state index is 0.0632. The largest absolute Gasteiger partial charge is 0.490 e. The van der Waals surface area contributed by atoms with Crippen molar-refractivity contribution in [1.82, 2.24) is 5.32 Å². The van der Waals surface area contributed by atoms with Crippen molar-refractivity contribution in [3.05, 3.63) is 29.8 Å². The lowest BCUT2D eigenvalue weighted by Crippen LogP contribution is -2.49. The molecule has 118 valence electrons. The van der Waals surface area contributed by atoms with Gasteiger partial charge < -0.3 is 15.2 Å². The first kappa shape index (κ1) is 16.3. The summed E-state index contributed by atoms with van der Waals surface area (Å²) in [5.41, 5.74) is 0.984. The standard InChI is InChI=1S/C18H29NO2/c1-13(2)16-7-5-6-8-17(16)21-14(3)11-18(4,12-20)19-15-9-10-15/h5-8,13-15,19-20H,9-12H2,1-4H3. The fraction of sp³-hybridized carbons (Fsp3) is 0.667. The van der Waals surface area contributed by atoms with Gasteiger partial charge in [0.2, 0.25) is 0 Å². The van der Waals surface area contributed by atoms with Gasteiger partial charge in [0.25, 0.3) is 0 Å². The van der Waals surface area contributed by atoms with Gasteiger partial charge in [0.15, 0.2) is 0 Å². The topological polar surface area (TPSA) is 41.5 Å². The van der Waals surface area contributed by atoms with E-state index in [0.717, 1.165) is 12.2 Å². The number of nitrogens with one attached hydrogen (secondary N) is 1. The Morgan fingerprint density at radius 2 is 1.95 bits per heavy atom. The van der Waals surface area contributed by atoms with Crippen molar-refractivity contribution in [1.29, 1.82) is 0 Å². The highest BCUT2D eigenvalue weighted by Gasteiger charge is 2.33. The molecule has 1 aromatic rings. The van der Waals surface area contributed by atoms with Crippen molar-refractivity contribution in [3.8, 4) is 5.75 Å². The maximum absolute atomic E-state index is 9.70. The molecule has 1 saturated carbocycles. The van der Waals surface area contributed by atoms with Crippen LogP contribution in [0.2, 0.25) is 0 Å². The summed E-state index contributed by atoms with van der Waals surface area (Å²) in [4.78, 5) is 0. The van der Waals surface area contributed by atoms with E-state index in [1.54, 1.807) is 0 Å². The molecular formula is C18H29NO2. The summed E-state index contributed by atoms with van der Waals surface area (Å²) >= 11 is 0. The predicted octanol–water partition coefficient (Wildman–Crippen LogP) is 3.47. The first-order chi connectivity index (χ1) is 9.93. The Morgan fingerprint density at radius 3 is 2.52 bits per heavy atom. The molecule has 0 bridgehead atoms. The van der Waals surface area contributed by atoms with Crippen LogP contribution in [0.1, 0.15) is 58.4 Å². The monoisotopic (exact) mass is 291 g/mol. The van der Waals surface area contributed by atoms with Gasteiger partial charge in [0, 0.05) is 18.0 Å². The fourth-order valence-electron chi connectivity index (χ4n) is 2.85. The zero-order chi connectivity index (χ0) is 15.5. The quantitative estimate of drug-likeness (QED) is 0.770. The van der Waals surface area contributed by atoms with E-state index < -0.39 is 0 Å². The number of benzene rings is 1. The second-order valence-electron chi connectivity index (χ2n) is 6.96.